The molecule has 0 aliphatic carbocycles. The zero-order chi connectivity index (χ0) is 15.1. The number of rotatable bonds is 6. The summed E-state index contributed by atoms with van der Waals surface area (Å²) in [5, 5.41) is 18.1. The van der Waals surface area contributed by atoms with E-state index in [0.29, 0.717) is 17.4 Å². The Hall–Kier alpha value is -1.51. The molecule has 1 unspecified atom stereocenters. The lowest BCUT2D eigenvalue weighted by Gasteiger charge is -2.32. The molecule has 0 spiro atoms. The van der Waals surface area contributed by atoms with Gasteiger partial charge >= 0.3 is 5.97 Å². The summed E-state index contributed by atoms with van der Waals surface area (Å²) in [6.07, 6.45) is 2.57. The molecule has 0 radical (unpaired) electrons. The lowest BCUT2D eigenvalue weighted by molar-refractivity contribution is -0.137. The Bertz CT molecular complexity index is 510. The van der Waals surface area contributed by atoms with Crippen LogP contribution in [-0.2, 0) is 10.5 Å². The monoisotopic (exact) mass is 304 g/mol. The molecule has 1 aromatic carbocycles. The number of piperidine rings is 1. The Labute approximate surface area is 129 Å². The molecule has 4 nitrogen and oxygen atoms in total. The van der Waals surface area contributed by atoms with Gasteiger partial charge in [-0.3, -0.25) is 4.79 Å². The first kappa shape index (κ1) is 15.9. The van der Waals surface area contributed by atoms with E-state index in [2.05, 4.69) is 11.0 Å². The fourth-order valence-corrected chi connectivity index (χ4v) is 3.77. The first-order valence-electron chi connectivity index (χ1n) is 7.22. The molecular formula is C16H20N2O2S. The largest absolute Gasteiger partial charge is 0.481 e. The van der Waals surface area contributed by atoms with E-state index in [4.69, 9.17) is 10.4 Å². The van der Waals surface area contributed by atoms with Gasteiger partial charge in [-0.05, 0) is 37.1 Å². The van der Waals surface area contributed by atoms with Gasteiger partial charge < -0.3 is 10.0 Å². The maximum Gasteiger partial charge on any atom is 0.304 e. The van der Waals surface area contributed by atoms with E-state index >= 15 is 0 Å². The van der Waals surface area contributed by atoms with Gasteiger partial charge in [-0.15, -0.1) is 0 Å². The van der Waals surface area contributed by atoms with Crippen LogP contribution in [0.5, 0.6) is 0 Å². The minimum atomic E-state index is -0.720. The molecule has 2 rings (SSSR count). The minimum absolute atomic E-state index is 0.229. The zero-order valence-electron chi connectivity index (χ0n) is 12.0. The van der Waals surface area contributed by atoms with Crippen LogP contribution in [0.3, 0.4) is 0 Å². The van der Waals surface area contributed by atoms with Crippen LogP contribution in [0, 0.1) is 11.3 Å². The second kappa shape index (κ2) is 8.06. The molecule has 0 aromatic heterocycles. The molecule has 1 aliphatic rings. The number of nitrogens with zero attached hydrogens (tertiary/aromatic N) is 2. The molecule has 1 aromatic rings. The third kappa shape index (κ3) is 5.41. The topological polar surface area (TPSA) is 64.3 Å². The summed E-state index contributed by atoms with van der Waals surface area (Å²) in [6, 6.07) is 9.86. The molecule has 5 heteroatoms. The average Bonchev–Trinajstić information content (AvgIpc) is 2.52. The van der Waals surface area contributed by atoms with E-state index < -0.39 is 5.97 Å². The number of hydrogen-bond donors (Lipinski definition) is 1. The first-order chi connectivity index (χ1) is 10.2. The minimum Gasteiger partial charge on any atom is -0.481 e. The Morgan fingerprint density at radius 3 is 2.86 bits per heavy atom. The molecule has 1 fully saturated rings. The number of benzene rings is 1. The van der Waals surface area contributed by atoms with Gasteiger partial charge in [0.25, 0.3) is 0 Å². The summed E-state index contributed by atoms with van der Waals surface area (Å²) in [5.74, 6) is 0.228. The fraction of sp³-hybridized carbons (Fsp3) is 0.500. The lowest BCUT2D eigenvalue weighted by Crippen LogP contribution is -2.38. The van der Waals surface area contributed by atoms with Gasteiger partial charge in [0.2, 0.25) is 0 Å². The highest BCUT2D eigenvalue weighted by molar-refractivity contribution is 7.99. The smallest absolute Gasteiger partial charge is 0.304 e. The van der Waals surface area contributed by atoms with Crippen molar-refractivity contribution in [2.45, 2.75) is 30.3 Å². The zero-order valence-corrected chi connectivity index (χ0v) is 12.8. The van der Waals surface area contributed by atoms with Crippen molar-refractivity contribution in [3.63, 3.8) is 0 Å². The van der Waals surface area contributed by atoms with Crippen LogP contribution in [0.25, 0.3) is 0 Å². The average molecular weight is 304 g/mol. The van der Waals surface area contributed by atoms with E-state index in [9.17, 15) is 4.79 Å². The van der Waals surface area contributed by atoms with Crippen molar-refractivity contribution in [3.8, 4) is 6.07 Å². The van der Waals surface area contributed by atoms with Crippen LogP contribution in [0.15, 0.2) is 24.3 Å². The van der Waals surface area contributed by atoms with Crippen molar-refractivity contribution >= 4 is 17.7 Å². The molecule has 1 N–H and O–H groups in total. The number of carboxylic acids is 1. The molecule has 0 amide bonds. The third-order valence-corrected chi connectivity index (χ3v) is 5.03. The number of aliphatic carboxylic acids is 1. The maximum absolute atomic E-state index is 10.6. The van der Waals surface area contributed by atoms with Crippen molar-refractivity contribution in [2.24, 2.45) is 0 Å². The number of carboxylic acid groups (broad SMARTS) is 1. The van der Waals surface area contributed by atoms with Crippen molar-refractivity contribution in [1.82, 2.24) is 4.90 Å². The molecule has 112 valence electrons. The first-order valence-corrected chi connectivity index (χ1v) is 8.27. The second-order valence-electron chi connectivity index (χ2n) is 5.33. The standard InChI is InChI=1S/C16H20N2O2S/c17-10-13-3-5-14(6-4-13)12-21-15-2-1-8-18(11-15)9-7-16(19)20/h3-6,15H,1-2,7-9,11-12H2,(H,19,20). The number of nitriles is 1. The summed E-state index contributed by atoms with van der Waals surface area (Å²) in [6.45, 7) is 2.65. The highest BCUT2D eigenvalue weighted by atomic mass is 32.2. The van der Waals surface area contributed by atoms with Crippen LogP contribution in [-0.4, -0.2) is 40.9 Å². The van der Waals surface area contributed by atoms with E-state index in [0.717, 1.165) is 25.3 Å². The maximum atomic E-state index is 10.6. The van der Waals surface area contributed by atoms with Crippen molar-refractivity contribution in [1.29, 1.82) is 5.26 Å². The van der Waals surface area contributed by atoms with Gasteiger partial charge in [0.1, 0.15) is 0 Å². The van der Waals surface area contributed by atoms with Crippen LogP contribution >= 0.6 is 11.8 Å². The summed E-state index contributed by atoms with van der Waals surface area (Å²) in [7, 11) is 0. The molecular weight excluding hydrogens is 284 g/mol. The Morgan fingerprint density at radius 1 is 1.43 bits per heavy atom. The molecule has 1 aliphatic heterocycles. The molecule has 21 heavy (non-hydrogen) atoms. The SMILES string of the molecule is N#Cc1ccc(CSC2CCCN(CCC(=O)O)C2)cc1. The fourth-order valence-electron chi connectivity index (χ4n) is 2.50. The normalized spacial score (nSPS) is 19.1. The lowest BCUT2D eigenvalue weighted by atomic mass is 10.1. The van der Waals surface area contributed by atoms with Crippen molar-refractivity contribution in [2.75, 3.05) is 19.6 Å². The summed E-state index contributed by atoms with van der Waals surface area (Å²) in [5.41, 5.74) is 1.93. The molecule has 0 saturated carbocycles. The summed E-state index contributed by atoms with van der Waals surface area (Å²) in [4.78, 5) is 12.9. The van der Waals surface area contributed by atoms with Gasteiger partial charge in [-0.25, -0.2) is 0 Å². The van der Waals surface area contributed by atoms with Crippen LogP contribution in [0.2, 0.25) is 0 Å². The predicted molar refractivity (Wildman–Crippen MR) is 84.2 cm³/mol. The quantitative estimate of drug-likeness (QED) is 0.875. The molecule has 1 atom stereocenters. The van der Waals surface area contributed by atoms with Gasteiger partial charge in [0.05, 0.1) is 18.1 Å². The molecule has 1 saturated heterocycles. The number of thioether (sulfide) groups is 1. The van der Waals surface area contributed by atoms with Crippen LogP contribution in [0.1, 0.15) is 30.4 Å². The van der Waals surface area contributed by atoms with E-state index in [1.807, 2.05) is 36.0 Å². The van der Waals surface area contributed by atoms with Gasteiger partial charge in [0.15, 0.2) is 0 Å². The van der Waals surface area contributed by atoms with E-state index in [1.54, 1.807) is 0 Å². The highest BCUT2D eigenvalue weighted by Crippen LogP contribution is 2.26. The van der Waals surface area contributed by atoms with Gasteiger partial charge in [0, 0.05) is 24.1 Å². The Morgan fingerprint density at radius 2 is 2.19 bits per heavy atom. The second-order valence-corrected chi connectivity index (χ2v) is 6.62. The number of carbonyl (C=O) groups is 1. The molecule has 1 heterocycles. The van der Waals surface area contributed by atoms with E-state index in [1.165, 1.54) is 12.0 Å². The van der Waals surface area contributed by atoms with Crippen molar-refractivity contribution < 1.29 is 9.90 Å². The van der Waals surface area contributed by atoms with Gasteiger partial charge in [-0.2, -0.15) is 17.0 Å². The Balaban J connectivity index is 1.77. The molecule has 0 bridgehead atoms. The number of hydrogen-bond acceptors (Lipinski definition) is 4. The summed E-state index contributed by atoms with van der Waals surface area (Å²) < 4.78 is 0. The number of likely N-dealkylation sites (tertiary alicyclic amines) is 1. The van der Waals surface area contributed by atoms with Crippen LogP contribution < -0.4 is 0 Å². The van der Waals surface area contributed by atoms with Gasteiger partial charge in [-0.1, -0.05) is 12.1 Å². The summed E-state index contributed by atoms with van der Waals surface area (Å²) >= 11 is 1.93. The third-order valence-electron chi connectivity index (χ3n) is 3.67. The predicted octanol–water partition coefficient (Wildman–Crippen LogP) is 2.73. The van der Waals surface area contributed by atoms with Crippen molar-refractivity contribution in [3.05, 3.63) is 35.4 Å². The van der Waals surface area contributed by atoms with E-state index in [-0.39, 0.29) is 6.42 Å². The van der Waals surface area contributed by atoms with Crippen LogP contribution in [0.4, 0.5) is 0 Å². The Kier molecular flexibility index (Phi) is 6.09. The highest BCUT2D eigenvalue weighted by Gasteiger charge is 2.20.